The van der Waals surface area contributed by atoms with Gasteiger partial charge in [-0.25, -0.2) is 0 Å². The summed E-state index contributed by atoms with van der Waals surface area (Å²) >= 11 is 0. The van der Waals surface area contributed by atoms with Gasteiger partial charge in [-0.1, -0.05) is 128 Å². The van der Waals surface area contributed by atoms with E-state index in [-0.39, 0.29) is 106 Å². The Kier molecular flexibility index (Phi) is 57.8. The zero-order valence-electron chi connectivity index (χ0n) is 76.7. The first kappa shape index (κ1) is 134. The predicted molar refractivity (Wildman–Crippen MR) is 493 cm³/mol. The second-order valence-corrected chi connectivity index (χ2v) is 33.6. The number of ketones is 4. The third kappa shape index (κ3) is 78.3. The van der Waals surface area contributed by atoms with E-state index in [9.17, 15) is 94.7 Å². The zero-order chi connectivity index (χ0) is 101. The van der Waals surface area contributed by atoms with E-state index < -0.39 is 23.4 Å². The Balaban J connectivity index is -0.000000763. The molecule has 12 heterocycles. The fourth-order valence-electron chi connectivity index (χ4n) is 9.02. The van der Waals surface area contributed by atoms with Crippen LogP contribution in [0.3, 0.4) is 0 Å². The quantitative estimate of drug-likeness (QED) is 0.0308. The molecule has 0 aromatic carbocycles. The molecule has 0 aliphatic rings. The average molecular weight is 2230 g/mol. The van der Waals surface area contributed by atoms with Gasteiger partial charge in [-0.2, -0.15) is 0 Å². The number of halogens is 18. The van der Waals surface area contributed by atoms with Crippen LogP contribution in [-0.2, 0) is 153 Å². The van der Waals surface area contributed by atoms with E-state index in [0.717, 1.165) is 51.4 Å². The molecule has 12 aromatic rings. The van der Waals surface area contributed by atoms with Crippen LogP contribution in [0.1, 0.15) is 155 Å². The van der Waals surface area contributed by atoms with Crippen molar-refractivity contribution in [2.75, 3.05) is 0 Å². The first-order valence-electron chi connectivity index (χ1n) is 40.1. The molecule has 50 heteroatoms. The standard InChI is InChI=1S/4C19H19N5.4C3H6O.3F6P.5Ni/c4*1-3-14-8-10-20-18(12-14)23-16-6-5-7-17(22-16)24-19-13-15(4-2)9-11-21-19;4*1-3(2)4;3*1-7(2,3,4,5)6;;;;;/h4*5-13H,3-4H2,1-2H3;4*1-2H3;;;;;;;;/q4*-2;;;;;3*-1;4*+2;+3. The normalized spacial score (nSPS) is 11.5. The number of carbonyl (C=O) groups excluding carboxylic acids is 4. The maximum Gasteiger partial charge on any atom is 3.00 e. The fourth-order valence-corrected chi connectivity index (χ4v) is 9.02. The van der Waals surface area contributed by atoms with Crippen molar-refractivity contribution >= 4 is 140 Å². The minimum Gasteiger partial charge on any atom is 2.00 e. The van der Waals surface area contributed by atoms with Crippen LogP contribution in [0.4, 0.5) is 169 Å². The van der Waals surface area contributed by atoms with Crippen LogP contribution in [0.15, 0.2) is 219 Å². The number of nitrogens with zero attached hydrogens (tertiary/aromatic N) is 20. The van der Waals surface area contributed by atoms with Gasteiger partial charge in [0.2, 0.25) is 0 Å². The summed E-state index contributed by atoms with van der Waals surface area (Å²) in [6.07, 6.45) is 21.8. The molecule has 12 rings (SSSR count). The summed E-state index contributed by atoms with van der Waals surface area (Å²) < 4.78 is 178. The van der Waals surface area contributed by atoms with Crippen molar-refractivity contribution in [2.45, 2.75) is 162 Å². The number of Topliss-reactive ketones (excluding diaryl/α,β-unsaturated/α-hetero) is 4. The second-order valence-electron chi connectivity index (χ2n) is 27.8. The molecule has 1 radical (unpaired) electrons. The predicted octanol–water partition coefficient (Wildman–Crippen LogP) is 35.2. The van der Waals surface area contributed by atoms with E-state index in [1.165, 1.54) is 99.9 Å². The van der Waals surface area contributed by atoms with E-state index >= 15 is 0 Å². The Bertz CT molecular complexity index is 4730. The number of hydrogen-bond acceptors (Lipinski definition) is 16. The van der Waals surface area contributed by atoms with Crippen molar-refractivity contribution in [1.29, 1.82) is 0 Å². The van der Waals surface area contributed by atoms with Gasteiger partial charge in [0, 0.05) is 93.1 Å². The van der Waals surface area contributed by atoms with Gasteiger partial charge < -0.3 is 122 Å². The summed E-state index contributed by atoms with van der Waals surface area (Å²) in [7, 11) is -32.0. The van der Waals surface area contributed by atoms with Gasteiger partial charge in [0.1, 0.15) is 23.1 Å². The number of carbonyl (C=O) groups is 4. The van der Waals surface area contributed by atoms with E-state index in [0.29, 0.717) is 93.1 Å². The molecule has 767 valence electrons. The molecule has 12 aromatic heterocycles. The molecule has 0 aliphatic carbocycles. The number of pyridine rings is 12. The Morgan fingerprint density at radius 2 is 0.290 bits per heavy atom. The maximum atomic E-state index is 9.87. The van der Waals surface area contributed by atoms with Gasteiger partial charge in [0.05, 0.1) is 0 Å². The van der Waals surface area contributed by atoms with Gasteiger partial charge in [0.25, 0.3) is 0 Å². The van der Waals surface area contributed by atoms with Crippen LogP contribution in [0.5, 0.6) is 0 Å². The minimum absolute atomic E-state index is 0. The Hall–Kier alpha value is -10.6. The molecule has 0 saturated carbocycles. The first-order chi connectivity index (χ1) is 61.3. The molecular weight excluding hydrogens is 2130 g/mol. The second kappa shape index (κ2) is 59.7. The maximum absolute atomic E-state index is 10.7. The summed E-state index contributed by atoms with van der Waals surface area (Å²) in [6.45, 7) is 29.1. The van der Waals surface area contributed by atoms with Crippen LogP contribution in [0.2, 0.25) is 0 Å². The smallest absolute Gasteiger partial charge is 2.00 e. The molecule has 0 aliphatic heterocycles. The van der Waals surface area contributed by atoms with Gasteiger partial charge >= 0.3 is 181 Å². The van der Waals surface area contributed by atoms with Crippen LogP contribution in [0.25, 0.3) is 42.5 Å². The molecule has 0 bridgehead atoms. The number of aromatic nitrogens is 12. The molecule has 0 fully saturated rings. The molecular formula is C88H100F18N20Ni5O4P3. The van der Waals surface area contributed by atoms with Crippen molar-refractivity contribution in [3.8, 4) is 0 Å². The topological polar surface area (TPSA) is 336 Å². The Labute approximate surface area is 839 Å². The first-order valence-corrected chi connectivity index (χ1v) is 46.2. The molecule has 0 saturated heterocycles. The van der Waals surface area contributed by atoms with Crippen LogP contribution >= 0.6 is 23.4 Å². The number of aryl methyl sites for hydroxylation is 8. The van der Waals surface area contributed by atoms with Crippen LogP contribution in [-0.4, -0.2) is 82.9 Å². The molecule has 0 spiro atoms. The Morgan fingerprint density at radius 3 is 0.370 bits per heavy atom. The average Bonchev–Trinajstić information content (AvgIpc) is 0.795. The fraction of sp³-hybridized carbons (Fsp3) is 0.273. The molecule has 24 nitrogen and oxygen atoms in total. The summed E-state index contributed by atoms with van der Waals surface area (Å²) in [5.74, 6) is 10.6. The van der Waals surface area contributed by atoms with Crippen molar-refractivity contribution in [2.24, 2.45) is 0 Å². The molecule has 0 unspecified atom stereocenters. The van der Waals surface area contributed by atoms with Gasteiger partial charge in [-0.05, 0) is 298 Å². The zero-order valence-corrected chi connectivity index (χ0v) is 84.4. The van der Waals surface area contributed by atoms with Crippen LogP contribution in [0, 0.1) is 0 Å². The Morgan fingerprint density at radius 1 is 0.203 bits per heavy atom. The van der Waals surface area contributed by atoms with Crippen LogP contribution < -0.4 is 0 Å². The van der Waals surface area contributed by atoms with Gasteiger partial charge in [-0.3, -0.25) is 0 Å². The monoisotopic (exact) mass is 2230 g/mol. The third-order valence-corrected chi connectivity index (χ3v) is 14.5. The summed E-state index contributed by atoms with van der Waals surface area (Å²) in [6, 6.07) is 54.0. The summed E-state index contributed by atoms with van der Waals surface area (Å²) in [4.78, 5) is 89.8. The van der Waals surface area contributed by atoms with Crippen molar-refractivity contribution < 1.29 is 177 Å². The molecule has 0 N–H and O–H groups in total. The van der Waals surface area contributed by atoms with Gasteiger partial charge in [0.15, 0.2) is 0 Å². The van der Waals surface area contributed by atoms with E-state index in [2.05, 4.69) is 158 Å². The van der Waals surface area contributed by atoms with E-state index in [4.69, 9.17) is 0 Å². The van der Waals surface area contributed by atoms with E-state index in [1.807, 2.05) is 170 Å². The third-order valence-electron chi connectivity index (χ3n) is 14.5. The van der Waals surface area contributed by atoms with Crippen molar-refractivity contribution in [3.05, 3.63) is 306 Å². The largest absolute Gasteiger partial charge is 3.00 e. The summed E-state index contributed by atoms with van der Waals surface area (Å²) in [5, 5.41) is 35.9. The summed E-state index contributed by atoms with van der Waals surface area (Å²) in [5.41, 5.74) is 9.59. The minimum atomic E-state index is -10.7. The van der Waals surface area contributed by atoms with Crippen molar-refractivity contribution in [1.82, 2.24) is 59.8 Å². The molecule has 138 heavy (non-hydrogen) atoms. The SMILES string of the molecule is CC(C)=O.CC(C)=O.CC(C)=O.CC(C)=O.CCc1ccnc([N-]c2cccc([N-]c3cc(CC)ccn3)n2)c1.CCc1ccnc([N-]c2cccc([N-]c3cc(CC)ccn3)n2)c1.CCc1ccnc([N-]c2cccc([N-]c3cc(CC)ccn3)n2)c1.CCc1ccnc([N-]c2cccc([N-]c3cc(CC)ccn3)n2)c1.F[P-](F)(F)(F)(F)F.F[P-](F)(F)(F)(F)F.F[P-](F)(F)(F)(F)F.[Ni+2].[Ni+2].[Ni+2].[Ni+2].[Ni+3]. The molecule has 0 atom stereocenters. The van der Waals surface area contributed by atoms with Gasteiger partial charge in [-0.15, -0.1) is 0 Å². The van der Waals surface area contributed by atoms with Crippen molar-refractivity contribution in [3.63, 3.8) is 0 Å². The van der Waals surface area contributed by atoms with E-state index in [1.54, 1.807) is 49.6 Å². The number of rotatable bonds is 24. The number of hydrogen-bond donors (Lipinski definition) is 0. The molecule has 0 amide bonds.